The zero-order valence-electron chi connectivity index (χ0n) is 8.02. The molecule has 4 heteroatoms. The van der Waals surface area contributed by atoms with E-state index in [1.165, 1.54) is 7.11 Å². The molecular formula is C10H10N2O2. The summed E-state index contributed by atoms with van der Waals surface area (Å²) in [6.45, 7) is 1.86. The summed E-state index contributed by atoms with van der Waals surface area (Å²) in [4.78, 5) is 15.5. The first kappa shape index (κ1) is 8.74. The van der Waals surface area contributed by atoms with Gasteiger partial charge in [0, 0.05) is 18.1 Å². The largest absolute Gasteiger partial charge is 0.465 e. The molecule has 0 radical (unpaired) electrons. The smallest absolute Gasteiger partial charge is 0.339 e. The zero-order valence-corrected chi connectivity index (χ0v) is 8.02. The number of rotatable bonds is 1. The molecule has 2 aromatic rings. The Balaban J connectivity index is 2.67. The van der Waals surface area contributed by atoms with Crippen molar-refractivity contribution in [3.8, 4) is 0 Å². The van der Waals surface area contributed by atoms with E-state index in [1.807, 2.05) is 17.5 Å². The van der Waals surface area contributed by atoms with Gasteiger partial charge in [-0.1, -0.05) is 0 Å². The van der Waals surface area contributed by atoms with Crippen LogP contribution >= 0.6 is 0 Å². The molecule has 0 bridgehead atoms. The van der Waals surface area contributed by atoms with E-state index in [4.69, 9.17) is 0 Å². The molecule has 2 aromatic heterocycles. The lowest BCUT2D eigenvalue weighted by Crippen LogP contribution is -2.06. The number of imidazole rings is 1. The molecule has 0 aliphatic rings. The quantitative estimate of drug-likeness (QED) is 0.639. The van der Waals surface area contributed by atoms with Crippen molar-refractivity contribution in [3.63, 3.8) is 0 Å². The Kier molecular flexibility index (Phi) is 1.96. The predicted molar refractivity (Wildman–Crippen MR) is 51.3 cm³/mol. The number of nitrogens with zero attached hydrogens (tertiary/aromatic N) is 2. The lowest BCUT2D eigenvalue weighted by atomic mass is 10.2. The molecule has 0 aromatic carbocycles. The van der Waals surface area contributed by atoms with E-state index in [1.54, 1.807) is 18.3 Å². The summed E-state index contributed by atoms with van der Waals surface area (Å²) in [7, 11) is 1.37. The van der Waals surface area contributed by atoms with Gasteiger partial charge in [0.05, 0.1) is 12.7 Å². The third-order valence-electron chi connectivity index (χ3n) is 2.22. The molecule has 0 unspecified atom stereocenters. The topological polar surface area (TPSA) is 43.6 Å². The van der Waals surface area contributed by atoms with Crippen molar-refractivity contribution < 1.29 is 9.53 Å². The monoisotopic (exact) mass is 190 g/mol. The number of aromatic nitrogens is 2. The van der Waals surface area contributed by atoms with Crippen LogP contribution in [0.2, 0.25) is 0 Å². The molecule has 0 fully saturated rings. The van der Waals surface area contributed by atoms with E-state index in [9.17, 15) is 4.79 Å². The lowest BCUT2D eigenvalue weighted by molar-refractivity contribution is 0.0599. The molecule has 0 saturated heterocycles. The van der Waals surface area contributed by atoms with Crippen LogP contribution in [0.25, 0.3) is 5.65 Å². The van der Waals surface area contributed by atoms with Gasteiger partial charge in [-0.2, -0.15) is 0 Å². The summed E-state index contributed by atoms with van der Waals surface area (Å²) in [6.07, 6.45) is 3.51. The van der Waals surface area contributed by atoms with Crippen molar-refractivity contribution in [3.05, 3.63) is 35.8 Å². The Morgan fingerprint density at radius 1 is 1.50 bits per heavy atom. The van der Waals surface area contributed by atoms with Gasteiger partial charge in [0.2, 0.25) is 0 Å². The highest BCUT2D eigenvalue weighted by Crippen LogP contribution is 2.12. The third-order valence-corrected chi connectivity index (χ3v) is 2.22. The Hall–Kier alpha value is -1.84. The van der Waals surface area contributed by atoms with Crippen molar-refractivity contribution in [1.29, 1.82) is 0 Å². The molecule has 0 aliphatic heterocycles. The Morgan fingerprint density at radius 2 is 2.29 bits per heavy atom. The van der Waals surface area contributed by atoms with Gasteiger partial charge in [-0.3, -0.25) is 0 Å². The van der Waals surface area contributed by atoms with E-state index in [0.29, 0.717) is 5.56 Å². The normalized spacial score (nSPS) is 10.4. The minimum atomic E-state index is -0.321. The first-order valence-electron chi connectivity index (χ1n) is 4.25. The molecule has 4 nitrogen and oxygen atoms in total. The van der Waals surface area contributed by atoms with E-state index < -0.39 is 0 Å². The highest BCUT2D eigenvalue weighted by atomic mass is 16.5. The first-order chi connectivity index (χ1) is 6.74. The van der Waals surface area contributed by atoms with Gasteiger partial charge in [-0.25, -0.2) is 9.78 Å². The van der Waals surface area contributed by atoms with Crippen LogP contribution in [-0.2, 0) is 4.74 Å². The average Bonchev–Trinajstić information content (AvgIpc) is 2.66. The third kappa shape index (κ3) is 1.16. The summed E-state index contributed by atoms with van der Waals surface area (Å²) in [5, 5.41) is 0. The number of fused-ring (bicyclic) bond motifs is 1. The van der Waals surface area contributed by atoms with Crippen LogP contribution in [0.5, 0.6) is 0 Å². The molecule has 0 spiro atoms. The molecule has 0 saturated carbocycles. The second-order valence-corrected chi connectivity index (χ2v) is 2.98. The van der Waals surface area contributed by atoms with Crippen molar-refractivity contribution in [2.45, 2.75) is 6.92 Å². The van der Waals surface area contributed by atoms with Crippen LogP contribution < -0.4 is 0 Å². The van der Waals surface area contributed by atoms with E-state index in [0.717, 1.165) is 11.3 Å². The highest BCUT2D eigenvalue weighted by molar-refractivity contribution is 5.90. The fourth-order valence-corrected chi connectivity index (χ4v) is 1.46. The standard InChI is InChI=1S/C10H10N2O2/c1-7-8(10(13)14-2)3-4-9-11-5-6-12(7)9/h3-6H,1-2H3. The number of methoxy groups -OCH3 is 1. The average molecular weight is 190 g/mol. The summed E-state index contributed by atoms with van der Waals surface area (Å²) in [6, 6.07) is 3.52. The summed E-state index contributed by atoms with van der Waals surface area (Å²) >= 11 is 0. The molecule has 14 heavy (non-hydrogen) atoms. The fourth-order valence-electron chi connectivity index (χ4n) is 1.46. The second-order valence-electron chi connectivity index (χ2n) is 2.98. The molecule has 72 valence electrons. The van der Waals surface area contributed by atoms with Gasteiger partial charge in [-0.05, 0) is 19.1 Å². The maximum absolute atomic E-state index is 11.3. The van der Waals surface area contributed by atoms with Crippen LogP contribution in [-0.4, -0.2) is 22.5 Å². The number of hydrogen-bond donors (Lipinski definition) is 0. The second kappa shape index (κ2) is 3.14. The maximum Gasteiger partial charge on any atom is 0.339 e. The molecule has 0 amide bonds. The van der Waals surface area contributed by atoms with Crippen molar-refractivity contribution >= 4 is 11.6 Å². The van der Waals surface area contributed by atoms with Gasteiger partial charge < -0.3 is 9.14 Å². The molecule has 2 rings (SSSR count). The van der Waals surface area contributed by atoms with Gasteiger partial charge in [0.1, 0.15) is 5.65 Å². The molecule has 0 N–H and O–H groups in total. The van der Waals surface area contributed by atoms with Crippen molar-refractivity contribution in [2.75, 3.05) is 7.11 Å². The highest BCUT2D eigenvalue weighted by Gasteiger charge is 2.11. The zero-order chi connectivity index (χ0) is 10.1. The number of hydrogen-bond acceptors (Lipinski definition) is 3. The Labute approximate surface area is 81.1 Å². The summed E-state index contributed by atoms with van der Waals surface area (Å²) in [5.74, 6) is -0.321. The van der Waals surface area contributed by atoms with E-state index in [2.05, 4.69) is 9.72 Å². The van der Waals surface area contributed by atoms with Crippen molar-refractivity contribution in [2.24, 2.45) is 0 Å². The SMILES string of the molecule is COC(=O)c1ccc2nccn2c1C. The molecular weight excluding hydrogens is 180 g/mol. The molecule has 0 aliphatic carbocycles. The number of esters is 1. The minimum Gasteiger partial charge on any atom is -0.465 e. The molecule has 2 heterocycles. The number of pyridine rings is 1. The fraction of sp³-hybridized carbons (Fsp3) is 0.200. The van der Waals surface area contributed by atoms with Crippen molar-refractivity contribution in [1.82, 2.24) is 9.38 Å². The lowest BCUT2D eigenvalue weighted by Gasteiger charge is -2.05. The Bertz CT molecular complexity index is 488. The Morgan fingerprint density at radius 3 is 3.00 bits per heavy atom. The van der Waals surface area contributed by atoms with Crippen LogP contribution in [0.4, 0.5) is 0 Å². The predicted octanol–water partition coefficient (Wildman–Crippen LogP) is 1.43. The van der Waals surface area contributed by atoms with Crippen LogP contribution in [0, 0.1) is 6.92 Å². The van der Waals surface area contributed by atoms with Gasteiger partial charge in [0.25, 0.3) is 0 Å². The van der Waals surface area contributed by atoms with Gasteiger partial charge in [0.15, 0.2) is 0 Å². The minimum absolute atomic E-state index is 0.321. The number of carbonyl (C=O) groups excluding carboxylic acids is 1. The summed E-state index contributed by atoms with van der Waals surface area (Å²) < 4.78 is 6.52. The number of aryl methyl sites for hydroxylation is 1. The van der Waals surface area contributed by atoms with Crippen LogP contribution in [0.1, 0.15) is 16.1 Å². The number of ether oxygens (including phenoxy) is 1. The summed E-state index contributed by atoms with van der Waals surface area (Å²) in [5.41, 5.74) is 2.24. The van der Waals surface area contributed by atoms with E-state index in [-0.39, 0.29) is 5.97 Å². The van der Waals surface area contributed by atoms with Crippen LogP contribution in [0.3, 0.4) is 0 Å². The van der Waals surface area contributed by atoms with Gasteiger partial charge >= 0.3 is 5.97 Å². The molecule has 0 atom stereocenters. The van der Waals surface area contributed by atoms with Gasteiger partial charge in [-0.15, -0.1) is 0 Å². The number of carbonyl (C=O) groups is 1. The maximum atomic E-state index is 11.3. The first-order valence-corrected chi connectivity index (χ1v) is 4.25. The van der Waals surface area contributed by atoms with Crippen LogP contribution in [0.15, 0.2) is 24.5 Å². The van der Waals surface area contributed by atoms with E-state index >= 15 is 0 Å².